The van der Waals surface area contributed by atoms with Crippen LogP contribution in [0.25, 0.3) is 0 Å². The van der Waals surface area contributed by atoms with Gasteiger partial charge in [-0.2, -0.15) is 5.26 Å². The number of aliphatic hydroxyl groups excluding tert-OH is 1. The molecule has 0 bridgehead atoms. The van der Waals surface area contributed by atoms with Crippen LogP contribution in [0.2, 0.25) is 0 Å². The maximum absolute atomic E-state index is 9.12. The number of nitriles is 1. The molecule has 1 aliphatic carbocycles. The third-order valence-electron chi connectivity index (χ3n) is 1.70. The molecule has 0 saturated heterocycles. The first kappa shape index (κ1) is 7.62. The summed E-state index contributed by atoms with van der Waals surface area (Å²) in [5.41, 5.74) is 0. The van der Waals surface area contributed by atoms with Crippen molar-refractivity contribution in [3.05, 3.63) is 10.2 Å². The molecule has 1 N–H and O–H groups in total. The molecule has 0 saturated carbocycles. The summed E-state index contributed by atoms with van der Waals surface area (Å²) in [7, 11) is 0. The number of aliphatic hydroxyl groups is 1. The van der Waals surface area contributed by atoms with Crippen LogP contribution in [-0.2, 0) is 0 Å². The summed E-state index contributed by atoms with van der Waals surface area (Å²) in [6.07, 6.45) is 2.12. The lowest BCUT2D eigenvalue weighted by atomic mass is 10.1. The fourth-order valence-corrected chi connectivity index (χ4v) is 1.68. The molecule has 1 unspecified atom stereocenters. The first-order valence-corrected chi connectivity index (χ1v) is 3.99. The second-order valence-electron chi connectivity index (χ2n) is 2.39. The van der Waals surface area contributed by atoms with Gasteiger partial charge in [0, 0.05) is 23.2 Å². The Morgan fingerprint density at radius 3 is 2.90 bits per heavy atom. The molecule has 10 heavy (non-hydrogen) atoms. The number of hydrogen-bond acceptors (Lipinski definition) is 2. The molecule has 2 nitrogen and oxygen atoms in total. The van der Waals surface area contributed by atoms with Crippen LogP contribution in [0.5, 0.6) is 0 Å². The minimum absolute atomic E-state index is 0.241. The molecule has 0 aromatic carbocycles. The van der Waals surface area contributed by atoms with Crippen molar-refractivity contribution in [2.24, 2.45) is 5.92 Å². The molecule has 0 aliphatic heterocycles. The molecule has 0 aromatic heterocycles. The van der Waals surface area contributed by atoms with Crippen LogP contribution in [0.1, 0.15) is 19.3 Å². The van der Waals surface area contributed by atoms with E-state index >= 15 is 0 Å². The van der Waals surface area contributed by atoms with Gasteiger partial charge in [-0.3, -0.25) is 0 Å². The molecule has 0 spiro atoms. The molecule has 0 aromatic rings. The zero-order valence-corrected chi connectivity index (χ0v) is 7.06. The van der Waals surface area contributed by atoms with E-state index in [1.807, 2.05) is 0 Å². The van der Waals surface area contributed by atoms with Crippen molar-refractivity contribution >= 4 is 15.9 Å². The summed E-state index contributed by atoms with van der Waals surface area (Å²) in [5, 5.41) is 17.5. The van der Waals surface area contributed by atoms with E-state index in [1.165, 1.54) is 0 Å². The molecule has 1 atom stereocenters. The maximum Gasteiger partial charge on any atom is 0.103 e. The first-order valence-electron chi connectivity index (χ1n) is 3.20. The zero-order valence-electron chi connectivity index (χ0n) is 5.47. The van der Waals surface area contributed by atoms with Gasteiger partial charge < -0.3 is 5.11 Å². The largest absolute Gasteiger partial charge is 0.511 e. The fourth-order valence-electron chi connectivity index (χ4n) is 1.09. The molecule has 0 heterocycles. The summed E-state index contributed by atoms with van der Waals surface area (Å²) >= 11 is 3.25. The number of allylic oxidation sites excluding steroid dienone is 2. The van der Waals surface area contributed by atoms with E-state index in [2.05, 4.69) is 22.0 Å². The summed E-state index contributed by atoms with van der Waals surface area (Å²) in [6.45, 7) is 0. The quantitative estimate of drug-likeness (QED) is 0.709. The smallest absolute Gasteiger partial charge is 0.103 e. The molecule has 0 radical (unpaired) electrons. The Labute approximate surface area is 68.3 Å². The normalized spacial score (nSPS) is 25.0. The third-order valence-corrected chi connectivity index (χ3v) is 2.81. The molecule has 0 amide bonds. The Morgan fingerprint density at radius 1 is 1.80 bits per heavy atom. The maximum atomic E-state index is 9.12. The highest BCUT2D eigenvalue weighted by Gasteiger charge is 2.22. The summed E-state index contributed by atoms with van der Waals surface area (Å²) in [5.74, 6) is 0.658. The lowest BCUT2D eigenvalue weighted by Crippen LogP contribution is -1.91. The van der Waals surface area contributed by atoms with Crippen molar-refractivity contribution in [1.29, 1.82) is 5.26 Å². The lowest BCUT2D eigenvalue weighted by molar-refractivity contribution is 0.396. The minimum atomic E-state index is 0.241. The Kier molecular flexibility index (Phi) is 2.34. The molecule has 54 valence electrons. The highest BCUT2D eigenvalue weighted by molar-refractivity contribution is 9.11. The fraction of sp³-hybridized carbons (Fsp3) is 0.571. The highest BCUT2D eigenvalue weighted by atomic mass is 79.9. The number of nitrogens with zero attached hydrogens (tertiary/aromatic N) is 1. The molecule has 3 heteroatoms. The van der Waals surface area contributed by atoms with E-state index in [-0.39, 0.29) is 5.92 Å². The monoisotopic (exact) mass is 201 g/mol. The third kappa shape index (κ3) is 1.32. The van der Waals surface area contributed by atoms with Crippen LogP contribution in [-0.4, -0.2) is 5.11 Å². The molecular formula is C7H8BrNO. The number of halogens is 1. The zero-order chi connectivity index (χ0) is 7.56. The highest BCUT2D eigenvalue weighted by Crippen LogP contribution is 2.36. The van der Waals surface area contributed by atoms with Crippen LogP contribution >= 0.6 is 15.9 Å². The van der Waals surface area contributed by atoms with Gasteiger partial charge in [-0.1, -0.05) is 15.9 Å². The van der Waals surface area contributed by atoms with Crippen molar-refractivity contribution in [1.82, 2.24) is 0 Å². The second-order valence-corrected chi connectivity index (χ2v) is 3.25. The average molecular weight is 202 g/mol. The van der Waals surface area contributed by atoms with Gasteiger partial charge in [-0.05, 0) is 6.42 Å². The van der Waals surface area contributed by atoms with Crippen molar-refractivity contribution in [3.63, 3.8) is 0 Å². The van der Waals surface area contributed by atoms with E-state index in [9.17, 15) is 0 Å². The SMILES string of the molecule is N#CCC1CCC(O)=C1Br. The molecule has 0 fully saturated rings. The molecule has 1 rings (SSSR count). The van der Waals surface area contributed by atoms with Gasteiger partial charge >= 0.3 is 0 Å². The van der Waals surface area contributed by atoms with Crippen LogP contribution < -0.4 is 0 Å². The Balaban J connectivity index is 2.61. The lowest BCUT2D eigenvalue weighted by Gasteiger charge is -2.01. The molecule has 1 aliphatic rings. The second kappa shape index (κ2) is 3.07. The van der Waals surface area contributed by atoms with E-state index < -0.39 is 0 Å². The first-order chi connectivity index (χ1) is 4.75. The Hall–Kier alpha value is -0.490. The average Bonchev–Trinajstić information content (AvgIpc) is 2.20. The molecular weight excluding hydrogens is 194 g/mol. The van der Waals surface area contributed by atoms with Gasteiger partial charge in [0.05, 0.1) is 6.07 Å². The van der Waals surface area contributed by atoms with Crippen LogP contribution in [0.3, 0.4) is 0 Å². The minimum Gasteiger partial charge on any atom is -0.511 e. The number of rotatable bonds is 1. The van der Waals surface area contributed by atoms with Crippen LogP contribution in [0, 0.1) is 17.2 Å². The number of hydrogen-bond donors (Lipinski definition) is 1. The van der Waals surface area contributed by atoms with Gasteiger partial charge in [-0.25, -0.2) is 0 Å². The standard InChI is InChI=1S/C7H8BrNO/c8-7-5(3-4-9)1-2-6(7)10/h5,10H,1-3H2. The van der Waals surface area contributed by atoms with Crippen molar-refractivity contribution < 1.29 is 5.11 Å². The van der Waals surface area contributed by atoms with Crippen LogP contribution in [0.4, 0.5) is 0 Å². The summed E-state index contributed by atoms with van der Waals surface area (Å²) in [6, 6.07) is 2.09. The van der Waals surface area contributed by atoms with Gasteiger partial charge in [0.25, 0.3) is 0 Å². The van der Waals surface area contributed by atoms with Gasteiger partial charge in [0.1, 0.15) is 5.76 Å². The topological polar surface area (TPSA) is 44.0 Å². The Morgan fingerprint density at radius 2 is 2.50 bits per heavy atom. The van der Waals surface area contributed by atoms with Gasteiger partial charge in [-0.15, -0.1) is 0 Å². The Bertz CT molecular complexity index is 204. The van der Waals surface area contributed by atoms with E-state index in [0.29, 0.717) is 18.6 Å². The van der Waals surface area contributed by atoms with Crippen molar-refractivity contribution in [2.75, 3.05) is 0 Å². The van der Waals surface area contributed by atoms with Crippen molar-refractivity contribution in [2.45, 2.75) is 19.3 Å². The van der Waals surface area contributed by atoms with Gasteiger partial charge in [0.2, 0.25) is 0 Å². The predicted octanol–water partition coefficient (Wildman–Crippen LogP) is 2.47. The van der Waals surface area contributed by atoms with Crippen LogP contribution in [0.15, 0.2) is 10.2 Å². The van der Waals surface area contributed by atoms with E-state index in [0.717, 1.165) is 10.9 Å². The van der Waals surface area contributed by atoms with E-state index in [1.54, 1.807) is 0 Å². The summed E-state index contributed by atoms with van der Waals surface area (Å²) < 4.78 is 0.828. The van der Waals surface area contributed by atoms with E-state index in [4.69, 9.17) is 10.4 Å². The van der Waals surface area contributed by atoms with Crippen molar-refractivity contribution in [3.8, 4) is 6.07 Å². The summed E-state index contributed by atoms with van der Waals surface area (Å²) in [4.78, 5) is 0. The van der Waals surface area contributed by atoms with Gasteiger partial charge in [0.15, 0.2) is 0 Å². The predicted molar refractivity (Wildman–Crippen MR) is 41.5 cm³/mol.